The van der Waals surface area contributed by atoms with Crippen LogP contribution in [0, 0.1) is 18.8 Å². The summed E-state index contributed by atoms with van der Waals surface area (Å²) < 4.78 is 15.1. The van der Waals surface area contributed by atoms with Gasteiger partial charge in [0.1, 0.15) is 11.2 Å². The first-order chi connectivity index (χ1) is 12.5. The van der Waals surface area contributed by atoms with Crippen LogP contribution in [0.3, 0.4) is 0 Å². The number of nitrogens with zero attached hydrogens (tertiary/aromatic N) is 3. The van der Waals surface area contributed by atoms with Gasteiger partial charge in [0, 0.05) is 4.88 Å². The van der Waals surface area contributed by atoms with Crippen LogP contribution in [0.2, 0.25) is 5.28 Å². The van der Waals surface area contributed by atoms with E-state index in [0.717, 1.165) is 22.3 Å². The Bertz CT molecular complexity index is 967. The van der Waals surface area contributed by atoms with Gasteiger partial charge in [0.2, 0.25) is 5.28 Å². The zero-order valence-electron chi connectivity index (χ0n) is 14.9. The maximum absolute atomic E-state index is 13.4. The van der Waals surface area contributed by atoms with Crippen molar-refractivity contribution in [1.82, 2.24) is 14.6 Å². The van der Waals surface area contributed by atoms with Gasteiger partial charge in [0.15, 0.2) is 5.82 Å². The lowest BCUT2D eigenvalue weighted by Crippen LogP contribution is -2.06. The Morgan fingerprint density at radius 3 is 2.92 bits per heavy atom. The monoisotopic (exact) mass is 390 g/mol. The van der Waals surface area contributed by atoms with Gasteiger partial charge in [-0.3, -0.25) is 0 Å². The van der Waals surface area contributed by atoms with E-state index in [1.807, 2.05) is 18.4 Å². The van der Waals surface area contributed by atoms with Crippen LogP contribution in [-0.2, 0) is 13.0 Å². The standard InChI is InChI=1S/C19H20ClFN4S/c1-4-6-16-15(9-8-12(2)21)13(3)17-18(23-19(20)24-25(16)17)22-11-14-7-5-10-26-14/h5,7,10,12H,8-9,11H2,1-3H3,(H,22,23,24). The quantitative estimate of drug-likeness (QED) is 0.600. The van der Waals surface area contributed by atoms with Crippen LogP contribution < -0.4 is 5.32 Å². The summed E-state index contributed by atoms with van der Waals surface area (Å²) in [6, 6.07) is 4.07. The first-order valence-electron chi connectivity index (χ1n) is 8.42. The summed E-state index contributed by atoms with van der Waals surface area (Å²) in [5, 5.41) is 9.88. The molecule has 1 N–H and O–H groups in total. The van der Waals surface area contributed by atoms with Crippen molar-refractivity contribution in [2.75, 3.05) is 5.32 Å². The number of aromatic nitrogens is 3. The second-order valence-electron chi connectivity index (χ2n) is 6.07. The first kappa shape index (κ1) is 18.7. The molecule has 26 heavy (non-hydrogen) atoms. The lowest BCUT2D eigenvalue weighted by atomic mass is 10.0. The smallest absolute Gasteiger partial charge is 0.243 e. The van der Waals surface area contributed by atoms with E-state index < -0.39 is 6.17 Å². The van der Waals surface area contributed by atoms with Crippen LogP contribution in [0.4, 0.5) is 10.2 Å². The van der Waals surface area contributed by atoms with E-state index in [9.17, 15) is 4.39 Å². The minimum Gasteiger partial charge on any atom is -0.363 e. The number of aryl methyl sites for hydroxylation is 1. The number of halogens is 2. The summed E-state index contributed by atoms with van der Waals surface area (Å²) in [5.74, 6) is 6.69. The number of hydrogen-bond donors (Lipinski definition) is 1. The first-order valence-corrected chi connectivity index (χ1v) is 9.67. The Morgan fingerprint density at radius 2 is 2.27 bits per heavy atom. The molecule has 0 aliphatic heterocycles. The van der Waals surface area contributed by atoms with Gasteiger partial charge >= 0.3 is 0 Å². The van der Waals surface area contributed by atoms with Crippen molar-refractivity contribution in [3.63, 3.8) is 0 Å². The Labute approximate surface area is 161 Å². The molecule has 0 saturated heterocycles. The largest absolute Gasteiger partial charge is 0.363 e. The Hall–Kier alpha value is -2.10. The van der Waals surface area contributed by atoms with Crippen LogP contribution in [0.5, 0.6) is 0 Å². The molecule has 7 heteroatoms. The second kappa shape index (κ2) is 8.07. The number of rotatable bonds is 6. The third-order valence-corrected chi connectivity index (χ3v) is 5.21. The number of thiophene rings is 1. The van der Waals surface area contributed by atoms with Crippen LogP contribution in [-0.4, -0.2) is 20.8 Å². The fourth-order valence-corrected chi connectivity index (χ4v) is 3.75. The normalized spacial score (nSPS) is 12.0. The summed E-state index contributed by atoms with van der Waals surface area (Å²) in [5.41, 5.74) is 3.60. The molecule has 3 heterocycles. The van der Waals surface area contributed by atoms with Crippen molar-refractivity contribution in [1.29, 1.82) is 0 Å². The van der Waals surface area contributed by atoms with Crippen molar-refractivity contribution < 1.29 is 4.39 Å². The van der Waals surface area contributed by atoms with Crippen molar-refractivity contribution in [3.8, 4) is 11.8 Å². The van der Waals surface area contributed by atoms with Crippen LogP contribution in [0.15, 0.2) is 17.5 Å². The number of nitrogens with one attached hydrogen (secondary N) is 1. The third-order valence-electron chi connectivity index (χ3n) is 4.17. The molecule has 3 aromatic heterocycles. The van der Waals surface area contributed by atoms with Gasteiger partial charge in [0.25, 0.3) is 0 Å². The summed E-state index contributed by atoms with van der Waals surface area (Å²) in [7, 11) is 0. The fourth-order valence-electron chi connectivity index (χ4n) is 2.95. The van der Waals surface area contributed by atoms with Gasteiger partial charge in [-0.05, 0) is 73.7 Å². The Morgan fingerprint density at radius 1 is 1.46 bits per heavy atom. The van der Waals surface area contributed by atoms with Crippen LogP contribution >= 0.6 is 22.9 Å². The fraction of sp³-hybridized carbons (Fsp3) is 0.368. The molecule has 0 spiro atoms. The van der Waals surface area contributed by atoms with E-state index in [0.29, 0.717) is 25.2 Å². The molecule has 0 radical (unpaired) electrons. The molecule has 1 unspecified atom stereocenters. The maximum atomic E-state index is 13.4. The summed E-state index contributed by atoms with van der Waals surface area (Å²) in [6.07, 6.45) is 0.166. The highest BCUT2D eigenvalue weighted by Crippen LogP contribution is 2.29. The minimum atomic E-state index is -0.869. The SMILES string of the molecule is CC#Cc1c(CCC(C)F)c(C)c2c(NCc3cccs3)nc(Cl)nn12. The van der Waals surface area contributed by atoms with Crippen LogP contribution in [0.25, 0.3) is 5.52 Å². The van der Waals surface area contributed by atoms with E-state index in [1.165, 1.54) is 4.88 Å². The molecule has 0 aromatic carbocycles. The highest BCUT2D eigenvalue weighted by molar-refractivity contribution is 7.09. The molecule has 136 valence electrons. The van der Waals surface area contributed by atoms with Gasteiger partial charge < -0.3 is 5.32 Å². The van der Waals surface area contributed by atoms with Crippen molar-refractivity contribution in [2.24, 2.45) is 0 Å². The van der Waals surface area contributed by atoms with Crippen molar-refractivity contribution in [3.05, 3.63) is 44.5 Å². The molecular weight excluding hydrogens is 371 g/mol. The predicted molar refractivity (Wildman–Crippen MR) is 106 cm³/mol. The van der Waals surface area contributed by atoms with Gasteiger partial charge in [-0.1, -0.05) is 12.0 Å². The highest BCUT2D eigenvalue weighted by atomic mass is 35.5. The van der Waals surface area contributed by atoms with E-state index in [4.69, 9.17) is 11.6 Å². The van der Waals surface area contributed by atoms with Crippen LogP contribution in [0.1, 0.15) is 42.0 Å². The average Bonchev–Trinajstić information content (AvgIpc) is 3.19. The van der Waals surface area contributed by atoms with E-state index >= 15 is 0 Å². The Balaban J connectivity index is 2.10. The zero-order chi connectivity index (χ0) is 18.7. The molecule has 0 aliphatic carbocycles. The average molecular weight is 391 g/mol. The summed E-state index contributed by atoms with van der Waals surface area (Å²) in [4.78, 5) is 5.57. The second-order valence-corrected chi connectivity index (χ2v) is 7.44. The lowest BCUT2D eigenvalue weighted by Gasteiger charge is -2.08. The van der Waals surface area contributed by atoms with E-state index in [2.05, 4.69) is 33.3 Å². The molecule has 3 aromatic rings. The molecule has 0 fully saturated rings. The number of fused-ring (bicyclic) bond motifs is 1. The number of hydrogen-bond acceptors (Lipinski definition) is 4. The van der Waals surface area contributed by atoms with Gasteiger partial charge in [-0.15, -0.1) is 16.4 Å². The van der Waals surface area contributed by atoms with E-state index in [1.54, 1.807) is 29.7 Å². The molecule has 1 atom stereocenters. The lowest BCUT2D eigenvalue weighted by molar-refractivity contribution is 0.341. The molecule has 0 amide bonds. The van der Waals surface area contributed by atoms with Gasteiger partial charge in [-0.2, -0.15) is 4.98 Å². The zero-order valence-corrected chi connectivity index (χ0v) is 16.5. The molecule has 4 nitrogen and oxygen atoms in total. The number of alkyl halides is 1. The molecular formula is C19H20ClFN4S. The number of anilines is 1. The molecule has 3 rings (SSSR count). The topological polar surface area (TPSA) is 42.2 Å². The maximum Gasteiger partial charge on any atom is 0.243 e. The van der Waals surface area contributed by atoms with E-state index in [-0.39, 0.29) is 5.28 Å². The Kier molecular flexibility index (Phi) is 5.80. The molecule has 0 aliphatic rings. The van der Waals surface area contributed by atoms with Crippen molar-refractivity contribution >= 4 is 34.3 Å². The molecule has 0 saturated carbocycles. The van der Waals surface area contributed by atoms with Gasteiger partial charge in [0.05, 0.1) is 12.7 Å². The minimum absolute atomic E-state index is 0.144. The molecule has 0 bridgehead atoms. The summed E-state index contributed by atoms with van der Waals surface area (Å²) in [6.45, 7) is 5.99. The predicted octanol–water partition coefficient (Wildman–Crippen LogP) is 5.03. The summed E-state index contributed by atoms with van der Waals surface area (Å²) >= 11 is 7.83. The van der Waals surface area contributed by atoms with Gasteiger partial charge in [-0.25, -0.2) is 8.91 Å². The third kappa shape index (κ3) is 3.84. The highest BCUT2D eigenvalue weighted by Gasteiger charge is 2.20. The van der Waals surface area contributed by atoms with Crippen molar-refractivity contribution in [2.45, 2.75) is 46.3 Å².